The minimum Gasteiger partial charge on any atom is -0.454 e. The molecule has 7 heteroatoms. The standard InChI is InChI=1S/C40H21N5OS/c41-22-23-18-20-25(21-19-23)39-42-38(24-10-2-1-3-11-24)43-40(44-39)45-29-15-7-4-12-26(29)32-33-28-14-6-9-17-31(28)47-37(33)34-27-13-5-8-16-30(27)46-36(34)35(32)45/h1-21H. The third-order valence-electron chi connectivity index (χ3n) is 8.89. The molecular weight excluding hydrogens is 599 g/mol. The van der Waals surface area contributed by atoms with Gasteiger partial charge in [-0.15, -0.1) is 11.3 Å². The first kappa shape index (κ1) is 25.9. The largest absolute Gasteiger partial charge is 0.454 e. The van der Waals surface area contributed by atoms with E-state index in [1.165, 1.54) is 20.2 Å². The first-order valence-electron chi connectivity index (χ1n) is 15.3. The summed E-state index contributed by atoms with van der Waals surface area (Å²) in [5.74, 6) is 1.57. The Morgan fingerprint density at radius 1 is 0.596 bits per heavy atom. The molecule has 0 amide bonds. The van der Waals surface area contributed by atoms with Gasteiger partial charge in [0.15, 0.2) is 17.2 Å². The van der Waals surface area contributed by atoms with Crippen LogP contribution in [0.2, 0.25) is 0 Å². The molecule has 10 aromatic rings. The lowest BCUT2D eigenvalue weighted by Crippen LogP contribution is -2.06. The number of para-hydroxylation sites is 2. The van der Waals surface area contributed by atoms with Crippen molar-refractivity contribution >= 4 is 75.3 Å². The quantitative estimate of drug-likeness (QED) is 0.197. The number of rotatable bonds is 3. The molecule has 0 saturated carbocycles. The van der Waals surface area contributed by atoms with Crippen LogP contribution in [0.3, 0.4) is 0 Å². The highest BCUT2D eigenvalue weighted by Gasteiger charge is 2.26. The van der Waals surface area contributed by atoms with Gasteiger partial charge < -0.3 is 4.42 Å². The lowest BCUT2D eigenvalue weighted by molar-refractivity contribution is 0.671. The van der Waals surface area contributed by atoms with Crippen molar-refractivity contribution in [1.82, 2.24) is 19.5 Å². The third-order valence-corrected chi connectivity index (χ3v) is 10.1. The van der Waals surface area contributed by atoms with Gasteiger partial charge >= 0.3 is 0 Å². The SMILES string of the molecule is N#Cc1ccc(-c2nc(-c3ccccc3)nc(-n3c4ccccc4c4c5c6ccccc6sc5c5c6ccccc6oc5c43)n2)cc1. The third kappa shape index (κ3) is 3.73. The van der Waals surface area contributed by atoms with E-state index in [1.54, 1.807) is 12.1 Å². The number of nitrogens with zero attached hydrogens (tertiary/aromatic N) is 5. The maximum Gasteiger partial charge on any atom is 0.238 e. The molecule has 0 unspecified atom stereocenters. The molecular formula is C40H21N5OS. The Bertz CT molecular complexity index is 2910. The van der Waals surface area contributed by atoms with Crippen LogP contribution in [0.15, 0.2) is 132 Å². The van der Waals surface area contributed by atoms with Gasteiger partial charge in [-0.3, -0.25) is 4.57 Å². The summed E-state index contributed by atoms with van der Waals surface area (Å²) in [6, 6.07) is 44.8. The molecule has 0 atom stereocenters. The molecule has 4 aromatic heterocycles. The van der Waals surface area contributed by atoms with Gasteiger partial charge in [0.1, 0.15) is 11.1 Å². The van der Waals surface area contributed by atoms with Gasteiger partial charge in [0, 0.05) is 52.8 Å². The zero-order chi connectivity index (χ0) is 31.1. The minimum absolute atomic E-state index is 0.491. The summed E-state index contributed by atoms with van der Waals surface area (Å²) < 4.78 is 11.4. The van der Waals surface area contributed by atoms with E-state index < -0.39 is 0 Å². The fourth-order valence-corrected chi connectivity index (χ4v) is 8.09. The van der Waals surface area contributed by atoms with Gasteiger partial charge in [-0.2, -0.15) is 15.2 Å². The fraction of sp³-hybridized carbons (Fsp3) is 0. The number of hydrogen-bond donors (Lipinski definition) is 0. The van der Waals surface area contributed by atoms with Gasteiger partial charge in [-0.25, -0.2) is 4.98 Å². The topological polar surface area (TPSA) is 80.5 Å². The molecule has 0 saturated heterocycles. The van der Waals surface area contributed by atoms with E-state index in [4.69, 9.17) is 19.4 Å². The first-order valence-corrected chi connectivity index (χ1v) is 16.1. The average Bonchev–Trinajstić information content (AvgIpc) is 3.81. The summed E-state index contributed by atoms with van der Waals surface area (Å²) in [5, 5.41) is 16.2. The van der Waals surface area contributed by atoms with E-state index in [0.717, 1.165) is 54.9 Å². The molecule has 0 N–H and O–H groups in total. The summed E-state index contributed by atoms with van der Waals surface area (Å²) >= 11 is 1.81. The highest BCUT2D eigenvalue weighted by Crippen LogP contribution is 2.50. The van der Waals surface area contributed by atoms with Crippen molar-refractivity contribution in [3.63, 3.8) is 0 Å². The van der Waals surface area contributed by atoms with Crippen LogP contribution in [-0.4, -0.2) is 19.5 Å². The number of hydrogen-bond acceptors (Lipinski definition) is 6. The van der Waals surface area contributed by atoms with Crippen LogP contribution in [0.1, 0.15) is 5.56 Å². The average molecular weight is 620 g/mol. The molecule has 218 valence electrons. The smallest absolute Gasteiger partial charge is 0.238 e. The van der Waals surface area contributed by atoms with E-state index in [-0.39, 0.29) is 0 Å². The maximum absolute atomic E-state index is 9.42. The van der Waals surface area contributed by atoms with Crippen LogP contribution in [0, 0.1) is 11.3 Å². The Kier molecular flexibility index (Phi) is 5.41. The van der Waals surface area contributed by atoms with Gasteiger partial charge in [0.25, 0.3) is 0 Å². The fourth-order valence-electron chi connectivity index (χ4n) is 6.83. The van der Waals surface area contributed by atoms with Crippen molar-refractivity contribution in [3.05, 3.63) is 133 Å². The van der Waals surface area contributed by atoms with E-state index >= 15 is 0 Å². The predicted octanol–water partition coefficient (Wildman–Crippen LogP) is 10.4. The highest BCUT2D eigenvalue weighted by atomic mass is 32.1. The number of furan rings is 1. The Balaban J connectivity index is 1.42. The molecule has 0 fully saturated rings. The van der Waals surface area contributed by atoms with Crippen molar-refractivity contribution < 1.29 is 4.42 Å². The zero-order valence-corrected chi connectivity index (χ0v) is 25.5. The van der Waals surface area contributed by atoms with Crippen LogP contribution < -0.4 is 0 Å². The van der Waals surface area contributed by atoms with Gasteiger partial charge in [0.05, 0.1) is 17.1 Å². The molecule has 6 nitrogen and oxygen atoms in total. The lowest BCUT2D eigenvalue weighted by atomic mass is 10.0. The Hall–Kier alpha value is -6.36. The van der Waals surface area contributed by atoms with Crippen LogP contribution in [-0.2, 0) is 0 Å². The minimum atomic E-state index is 0.491. The van der Waals surface area contributed by atoms with Crippen LogP contribution in [0.25, 0.3) is 92.6 Å². The summed E-state index contributed by atoms with van der Waals surface area (Å²) in [5.41, 5.74) is 5.79. The predicted molar refractivity (Wildman–Crippen MR) is 190 cm³/mol. The van der Waals surface area contributed by atoms with E-state index in [2.05, 4.69) is 71.3 Å². The summed E-state index contributed by atoms with van der Waals surface area (Å²) in [6.45, 7) is 0. The normalized spacial score (nSPS) is 11.8. The maximum atomic E-state index is 9.42. The van der Waals surface area contributed by atoms with Crippen LogP contribution in [0.4, 0.5) is 0 Å². The molecule has 0 aliphatic rings. The number of nitriles is 1. The summed E-state index contributed by atoms with van der Waals surface area (Å²) in [7, 11) is 0. The summed E-state index contributed by atoms with van der Waals surface area (Å²) in [4.78, 5) is 15.2. The molecule has 47 heavy (non-hydrogen) atoms. The first-order chi connectivity index (χ1) is 23.3. The Morgan fingerprint density at radius 3 is 2.04 bits per heavy atom. The highest BCUT2D eigenvalue weighted by molar-refractivity contribution is 7.27. The van der Waals surface area contributed by atoms with E-state index in [9.17, 15) is 5.26 Å². The van der Waals surface area contributed by atoms with Crippen molar-refractivity contribution in [2.24, 2.45) is 0 Å². The molecule has 4 heterocycles. The summed E-state index contributed by atoms with van der Waals surface area (Å²) in [6.07, 6.45) is 0. The molecule has 0 aliphatic carbocycles. The van der Waals surface area contributed by atoms with E-state index in [0.29, 0.717) is 23.2 Å². The Labute approximate surface area is 271 Å². The number of benzene rings is 6. The number of fused-ring (bicyclic) bond motifs is 12. The lowest BCUT2D eigenvalue weighted by Gasteiger charge is -2.11. The van der Waals surface area contributed by atoms with Crippen LogP contribution >= 0.6 is 11.3 Å². The second-order valence-electron chi connectivity index (χ2n) is 11.5. The van der Waals surface area contributed by atoms with Crippen molar-refractivity contribution in [2.75, 3.05) is 0 Å². The Morgan fingerprint density at radius 2 is 1.26 bits per heavy atom. The molecule has 6 aromatic carbocycles. The molecule has 0 spiro atoms. The number of thiophene rings is 1. The molecule has 10 rings (SSSR count). The van der Waals surface area contributed by atoms with E-state index in [1.807, 2.05) is 65.9 Å². The van der Waals surface area contributed by atoms with Crippen LogP contribution in [0.5, 0.6) is 0 Å². The molecule has 0 aliphatic heterocycles. The zero-order valence-electron chi connectivity index (χ0n) is 24.7. The number of aromatic nitrogens is 4. The van der Waals surface area contributed by atoms with Gasteiger partial charge in [-0.05, 0) is 42.5 Å². The van der Waals surface area contributed by atoms with Crippen molar-refractivity contribution in [1.29, 1.82) is 5.26 Å². The monoisotopic (exact) mass is 619 g/mol. The second-order valence-corrected chi connectivity index (χ2v) is 12.6. The van der Waals surface area contributed by atoms with Gasteiger partial charge in [-0.1, -0.05) is 84.9 Å². The van der Waals surface area contributed by atoms with Gasteiger partial charge in [0.2, 0.25) is 5.95 Å². The van der Waals surface area contributed by atoms with Crippen molar-refractivity contribution in [2.45, 2.75) is 0 Å². The molecule has 0 radical (unpaired) electrons. The second kappa shape index (κ2) is 9.82. The molecule has 0 bridgehead atoms. The van der Waals surface area contributed by atoms with Crippen molar-refractivity contribution in [3.8, 4) is 34.8 Å².